The molecule has 0 unspecified atom stereocenters. The fourth-order valence-electron chi connectivity index (χ4n) is 5.85. The molecule has 26 heteroatoms. The molecule has 6 N–H and O–H groups in total. The number of nitrogens with zero attached hydrogens (tertiary/aromatic N) is 4. The van der Waals surface area contributed by atoms with Gasteiger partial charge in [-0.2, -0.15) is 10.2 Å². The summed E-state index contributed by atoms with van der Waals surface area (Å²) in [5, 5.41) is 59.8. The van der Waals surface area contributed by atoms with E-state index in [9.17, 15) is 58.8 Å². The van der Waals surface area contributed by atoms with Gasteiger partial charge in [-0.25, -0.2) is 9.59 Å². The van der Waals surface area contributed by atoms with Crippen molar-refractivity contribution in [1.82, 2.24) is 0 Å². The van der Waals surface area contributed by atoms with Crippen LogP contribution in [-0.4, -0.2) is 67.3 Å². The number of carbonyl (C=O) groups is 8. The second-order valence-corrected chi connectivity index (χ2v) is 15.8. The number of azo groups is 2. The molecule has 0 aromatic heterocycles. The zero-order valence-electron chi connectivity index (χ0n) is 39.2. The van der Waals surface area contributed by atoms with E-state index in [1.54, 1.807) is 0 Å². The van der Waals surface area contributed by atoms with Crippen LogP contribution in [-0.2, 0) is 36.0 Å². The third-order valence-electron chi connectivity index (χ3n) is 9.25. The zero-order valence-corrected chi connectivity index (χ0v) is 49.3. The van der Waals surface area contributed by atoms with Crippen molar-refractivity contribution >= 4 is 116 Å². The van der Waals surface area contributed by atoms with Crippen molar-refractivity contribution < 1.29 is 164 Å². The molecule has 0 atom stereocenters. The van der Waals surface area contributed by atoms with E-state index in [0.29, 0.717) is 10.0 Å². The van der Waals surface area contributed by atoms with Crippen LogP contribution in [0, 0.1) is 12.1 Å². The first-order chi connectivity index (χ1) is 33.2. The summed E-state index contributed by atoms with van der Waals surface area (Å²) in [4.78, 5) is 97.2. The summed E-state index contributed by atoms with van der Waals surface area (Å²) in [6.45, 7) is 2.21. The monoisotopic (exact) mass is 1150 g/mol. The van der Waals surface area contributed by atoms with E-state index in [1.807, 2.05) is 0 Å². The van der Waals surface area contributed by atoms with Gasteiger partial charge in [0.2, 0.25) is 0 Å². The van der Waals surface area contributed by atoms with Crippen LogP contribution in [0.3, 0.4) is 0 Å². The number of hydrogen-bond donors (Lipinski definition) is 6. The largest absolute Gasteiger partial charge is 1.00 e. The number of phenols is 2. The Labute approximate surface area is 517 Å². The maximum Gasteiger partial charge on any atom is 1.00 e. The van der Waals surface area contributed by atoms with Gasteiger partial charge in [0.25, 0.3) is 0 Å². The number of rotatable bonds is 16. The number of phenolic OH excluding ortho intramolecular Hbond substituents is 2. The SMILES string of the molecule is CC(=O)[C-](N=Nc1ccc(C(=O)c2ccccc2C(=O)O)cc1O)C(=O)Nc1cc(Cl)ccc1Cl.CC(=O)[C-](N=Nc1ccc(C(=O)c2ccccc2C(=O)O)cc1O)C(=O)Nc1cc(Cl)ccc1Cl.[Co].[Na+].[Na+].[Na+]. The second-order valence-electron chi connectivity index (χ2n) is 14.1. The summed E-state index contributed by atoms with van der Waals surface area (Å²) in [7, 11) is 0. The van der Waals surface area contributed by atoms with E-state index in [1.165, 1.54) is 109 Å². The maximum absolute atomic E-state index is 12.8. The number of anilines is 2. The first kappa shape index (κ1) is 67.1. The zero-order chi connectivity index (χ0) is 51.4. The van der Waals surface area contributed by atoms with Crippen molar-refractivity contribution in [2.45, 2.75) is 13.8 Å². The second kappa shape index (κ2) is 31.2. The molecule has 6 aromatic rings. The number of amides is 2. The molecule has 0 bridgehead atoms. The number of carboxylic acid groups (broad SMARTS) is 2. The van der Waals surface area contributed by atoms with Crippen LogP contribution in [0.1, 0.15) is 66.4 Å². The fourth-order valence-corrected chi connectivity index (χ4v) is 6.53. The molecule has 0 saturated carbocycles. The Morgan fingerprint density at radius 2 is 0.797 bits per heavy atom. The maximum atomic E-state index is 12.8. The third-order valence-corrected chi connectivity index (χ3v) is 10.4. The Kier molecular flexibility index (Phi) is 28.3. The Balaban J connectivity index is 0.000000702. The summed E-state index contributed by atoms with van der Waals surface area (Å²) in [5.41, 5.74) is -0.454. The van der Waals surface area contributed by atoms with Gasteiger partial charge in [0.1, 0.15) is 34.7 Å². The first-order valence-electron chi connectivity index (χ1n) is 19.7. The van der Waals surface area contributed by atoms with Gasteiger partial charge in [0, 0.05) is 60.6 Å². The topological polar surface area (TPSA) is 291 Å². The number of halogens is 4. The van der Waals surface area contributed by atoms with Gasteiger partial charge in [0.15, 0.2) is 11.6 Å². The van der Waals surface area contributed by atoms with Gasteiger partial charge in [-0.05, 0) is 98.8 Å². The first-order valence-corrected chi connectivity index (χ1v) is 21.2. The van der Waals surface area contributed by atoms with E-state index in [2.05, 4.69) is 31.1 Å². The number of nitrogens with one attached hydrogen (secondary N) is 2. The van der Waals surface area contributed by atoms with E-state index < -0.39 is 70.5 Å². The molecule has 0 aliphatic carbocycles. The van der Waals surface area contributed by atoms with Crippen LogP contribution in [0.25, 0.3) is 0 Å². The third kappa shape index (κ3) is 18.1. The molecular formula is C48H32Cl4CoN6Na3O12+. The van der Waals surface area contributed by atoms with Crippen LogP contribution in [0.4, 0.5) is 22.7 Å². The van der Waals surface area contributed by atoms with Gasteiger partial charge in [-0.15, -0.1) is 12.1 Å². The molecule has 0 spiro atoms. The fraction of sp³-hybridized carbons (Fsp3) is 0.0417. The molecule has 1 radical (unpaired) electrons. The van der Waals surface area contributed by atoms with Gasteiger partial charge in [0.05, 0.1) is 32.5 Å². The van der Waals surface area contributed by atoms with Crippen molar-refractivity contribution in [3.05, 3.63) is 187 Å². The normalized spacial score (nSPS) is 10.1. The molecule has 18 nitrogen and oxygen atoms in total. The molecule has 0 aliphatic rings. The summed E-state index contributed by atoms with van der Waals surface area (Å²) in [6, 6.07) is 26.1. The standard InChI is InChI=1S/2C24H16Cl2N3O6.Co.3Na/c2*1-12(30)21(23(33)27-19-11-14(25)7-8-17(19)26)29-28-18-9-6-13(10-20(18)31)22(32)15-4-2-3-5-16(15)24(34)35;;;;/h2*2-11,31H,1H3,(H,27,33)(H,34,35);;;;/q2*-1;;3*+1. The van der Waals surface area contributed by atoms with Crippen molar-refractivity contribution in [1.29, 1.82) is 0 Å². The van der Waals surface area contributed by atoms with Gasteiger partial charge in [-0.1, -0.05) is 82.8 Å². The summed E-state index contributed by atoms with van der Waals surface area (Å²) in [6.07, 6.45) is 0. The van der Waals surface area contributed by atoms with Crippen LogP contribution in [0.2, 0.25) is 20.1 Å². The number of aromatic hydroxyl groups is 2. The molecule has 0 aliphatic heterocycles. The number of ketones is 4. The quantitative estimate of drug-likeness (QED) is 0.0267. The Bertz CT molecular complexity index is 2980. The van der Waals surface area contributed by atoms with Crippen molar-refractivity contribution in [3.8, 4) is 11.5 Å². The van der Waals surface area contributed by atoms with Crippen LogP contribution < -0.4 is 99.3 Å². The molecular weight excluding hydrogens is 1120 g/mol. The molecule has 6 rings (SSSR count). The van der Waals surface area contributed by atoms with E-state index in [4.69, 9.17) is 46.4 Å². The minimum Gasteiger partial charge on any atom is -0.506 e. The number of Topliss-reactive ketones (excluding diaryl/α,β-unsaturated/α-hetero) is 2. The summed E-state index contributed by atoms with van der Waals surface area (Å²) >= 11 is 23.8. The molecule has 6 aromatic carbocycles. The predicted octanol–water partition coefficient (Wildman–Crippen LogP) is 1.95. The van der Waals surface area contributed by atoms with Crippen molar-refractivity contribution in [3.63, 3.8) is 0 Å². The minimum atomic E-state index is -1.27. The molecule has 365 valence electrons. The number of carboxylic acids is 2. The van der Waals surface area contributed by atoms with E-state index in [-0.39, 0.29) is 172 Å². The molecule has 0 fully saturated rings. The molecule has 2 amide bonds. The molecule has 0 heterocycles. The minimum absolute atomic E-state index is 0. The Morgan fingerprint density at radius 3 is 1.09 bits per heavy atom. The number of aromatic carboxylic acids is 2. The number of carbonyl (C=O) groups excluding carboxylic acids is 6. The van der Waals surface area contributed by atoms with Crippen LogP contribution >= 0.6 is 46.4 Å². The van der Waals surface area contributed by atoms with E-state index in [0.717, 1.165) is 26.0 Å². The Hall–Kier alpha value is -4.91. The predicted molar refractivity (Wildman–Crippen MR) is 257 cm³/mol. The average Bonchev–Trinajstić information content (AvgIpc) is 3.31. The van der Waals surface area contributed by atoms with Crippen LogP contribution in [0.5, 0.6) is 11.5 Å². The molecule has 74 heavy (non-hydrogen) atoms. The average molecular weight is 1150 g/mol. The van der Waals surface area contributed by atoms with Gasteiger partial charge in [-0.3, -0.25) is 9.59 Å². The van der Waals surface area contributed by atoms with E-state index >= 15 is 0 Å². The van der Waals surface area contributed by atoms with Crippen molar-refractivity contribution in [2.24, 2.45) is 20.5 Å². The van der Waals surface area contributed by atoms with Gasteiger partial charge >= 0.3 is 101 Å². The summed E-state index contributed by atoms with van der Waals surface area (Å²) in [5.74, 6) is -7.97. The van der Waals surface area contributed by atoms with Gasteiger partial charge < -0.3 is 60.5 Å². The number of benzene rings is 6. The Morgan fingerprint density at radius 1 is 0.473 bits per heavy atom. The smallest absolute Gasteiger partial charge is 0.506 e. The number of hydrogen-bond acceptors (Lipinski definition) is 14. The molecule has 0 saturated heterocycles. The van der Waals surface area contributed by atoms with Crippen LogP contribution in [0.15, 0.2) is 142 Å². The summed E-state index contributed by atoms with van der Waals surface area (Å²) < 4.78 is 0. The van der Waals surface area contributed by atoms with Crippen molar-refractivity contribution in [2.75, 3.05) is 10.6 Å².